The van der Waals surface area contributed by atoms with Gasteiger partial charge in [-0.1, -0.05) is 26.7 Å². The molecule has 0 aromatic carbocycles. The normalized spacial score (nSPS) is 13.1. The van der Waals surface area contributed by atoms with Crippen molar-refractivity contribution in [1.82, 2.24) is 0 Å². The summed E-state index contributed by atoms with van der Waals surface area (Å²) in [7, 11) is 0. The van der Waals surface area contributed by atoms with Gasteiger partial charge in [0.05, 0.1) is 6.42 Å². The molecule has 1 unspecified atom stereocenters. The van der Waals surface area contributed by atoms with Crippen LogP contribution in [-0.2, 0) is 14.4 Å². The van der Waals surface area contributed by atoms with E-state index in [0.29, 0.717) is 6.42 Å². The minimum atomic E-state index is -1.47. The summed E-state index contributed by atoms with van der Waals surface area (Å²) in [5, 5.41) is 8.93. The summed E-state index contributed by atoms with van der Waals surface area (Å²) in [5.74, 6) is -1.92. The van der Waals surface area contributed by atoms with Crippen molar-refractivity contribution in [2.45, 2.75) is 59.8 Å². The SMILES string of the molecule is CCCCC(CC)C(=O)CC(=O)C(C)(C)C(=O)O. The fourth-order valence-electron chi connectivity index (χ4n) is 1.69. The first-order valence-electron chi connectivity index (χ1n) is 6.56. The molecule has 0 heterocycles. The molecular formula is C14H24O4. The number of hydrogen-bond donors (Lipinski definition) is 1. The molecule has 0 radical (unpaired) electrons. The third-order valence-electron chi connectivity index (χ3n) is 3.42. The molecule has 18 heavy (non-hydrogen) atoms. The van der Waals surface area contributed by atoms with E-state index in [4.69, 9.17) is 5.11 Å². The molecule has 0 saturated heterocycles. The van der Waals surface area contributed by atoms with Crippen LogP contribution >= 0.6 is 0 Å². The van der Waals surface area contributed by atoms with Gasteiger partial charge in [-0.15, -0.1) is 0 Å². The first-order chi connectivity index (χ1) is 8.27. The third-order valence-corrected chi connectivity index (χ3v) is 3.42. The van der Waals surface area contributed by atoms with Gasteiger partial charge in [-0.2, -0.15) is 0 Å². The van der Waals surface area contributed by atoms with E-state index in [1.165, 1.54) is 13.8 Å². The van der Waals surface area contributed by atoms with Crippen LogP contribution in [0.1, 0.15) is 59.8 Å². The van der Waals surface area contributed by atoms with Crippen LogP contribution in [-0.4, -0.2) is 22.6 Å². The van der Waals surface area contributed by atoms with Crippen LogP contribution in [0.2, 0.25) is 0 Å². The molecule has 0 amide bonds. The topological polar surface area (TPSA) is 71.4 Å². The van der Waals surface area contributed by atoms with Crippen LogP contribution in [0.5, 0.6) is 0 Å². The minimum absolute atomic E-state index is 0.113. The third kappa shape index (κ3) is 4.59. The van der Waals surface area contributed by atoms with Crippen molar-refractivity contribution >= 4 is 17.5 Å². The molecule has 0 aliphatic heterocycles. The Morgan fingerprint density at radius 2 is 1.72 bits per heavy atom. The van der Waals surface area contributed by atoms with Crippen LogP contribution in [0.15, 0.2) is 0 Å². The molecular weight excluding hydrogens is 232 g/mol. The monoisotopic (exact) mass is 256 g/mol. The highest BCUT2D eigenvalue weighted by atomic mass is 16.4. The molecule has 0 aliphatic rings. The molecule has 0 bridgehead atoms. The number of rotatable bonds is 9. The van der Waals surface area contributed by atoms with Gasteiger partial charge in [-0.3, -0.25) is 14.4 Å². The van der Waals surface area contributed by atoms with Gasteiger partial charge in [0, 0.05) is 5.92 Å². The number of aliphatic carboxylic acids is 1. The smallest absolute Gasteiger partial charge is 0.316 e. The maximum absolute atomic E-state index is 11.9. The molecule has 0 fully saturated rings. The first-order valence-corrected chi connectivity index (χ1v) is 6.56. The molecule has 0 aliphatic carbocycles. The summed E-state index contributed by atoms with van der Waals surface area (Å²) in [6.07, 6.45) is 3.20. The summed E-state index contributed by atoms with van der Waals surface area (Å²) in [6, 6.07) is 0. The maximum Gasteiger partial charge on any atom is 0.316 e. The van der Waals surface area contributed by atoms with Gasteiger partial charge >= 0.3 is 5.97 Å². The fraction of sp³-hybridized carbons (Fsp3) is 0.786. The van der Waals surface area contributed by atoms with Gasteiger partial charge in [0.25, 0.3) is 0 Å². The molecule has 4 nitrogen and oxygen atoms in total. The number of carboxylic acid groups (broad SMARTS) is 1. The van der Waals surface area contributed by atoms with Crippen LogP contribution in [0.4, 0.5) is 0 Å². The number of carbonyl (C=O) groups is 3. The summed E-state index contributed by atoms with van der Waals surface area (Å²) >= 11 is 0. The second kappa shape index (κ2) is 7.29. The highest BCUT2D eigenvalue weighted by molar-refractivity contribution is 6.10. The lowest BCUT2D eigenvalue weighted by molar-refractivity contribution is -0.153. The molecule has 0 aromatic heterocycles. The number of ketones is 2. The largest absolute Gasteiger partial charge is 0.481 e. The van der Waals surface area contributed by atoms with E-state index >= 15 is 0 Å². The highest BCUT2D eigenvalue weighted by Gasteiger charge is 2.37. The Bertz CT molecular complexity index is 318. The maximum atomic E-state index is 11.9. The number of unbranched alkanes of at least 4 members (excludes halogenated alkanes) is 1. The molecule has 0 rings (SSSR count). The average Bonchev–Trinajstić information content (AvgIpc) is 2.29. The summed E-state index contributed by atoms with van der Waals surface area (Å²) in [5.41, 5.74) is -1.47. The Morgan fingerprint density at radius 1 is 1.17 bits per heavy atom. The average molecular weight is 256 g/mol. The fourth-order valence-corrected chi connectivity index (χ4v) is 1.69. The quantitative estimate of drug-likeness (QED) is 0.644. The van der Waals surface area contributed by atoms with Crippen LogP contribution in [0.25, 0.3) is 0 Å². The van der Waals surface area contributed by atoms with Crippen molar-refractivity contribution in [2.75, 3.05) is 0 Å². The lowest BCUT2D eigenvalue weighted by Gasteiger charge is -2.19. The Balaban J connectivity index is 4.55. The molecule has 0 spiro atoms. The van der Waals surface area contributed by atoms with Crippen LogP contribution in [0.3, 0.4) is 0 Å². The molecule has 0 aromatic rings. The predicted molar refractivity (Wildman–Crippen MR) is 69.4 cm³/mol. The van der Waals surface area contributed by atoms with Crippen molar-refractivity contribution < 1.29 is 19.5 Å². The molecule has 0 saturated carbocycles. The number of carbonyl (C=O) groups excluding carboxylic acids is 2. The minimum Gasteiger partial charge on any atom is -0.481 e. The Kier molecular flexibility index (Phi) is 6.81. The van der Waals surface area contributed by atoms with E-state index in [9.17, 15) is 14.4 Å². The molecule has 1 atom stereocenters. The zero-order valence-corrected chi connectivity index (χ0v) is 11.8. The van der Waals surface area contributed by atoms with Gasteiger partial charge < -0.3 is 5.11 Å². The van der Waals surface area contributed by atoms with E-state index in [2.05, 4.69) is 6.92 Å². The van der Waals surface area contributed by atoms with E-state index in [1.807, 2.05) is 6.92 Å². The number of Topliss-reactive ketones (excluding diaryl/α,β-unsaturated/α-hetero) is 2. The van der Waals surface area contributed by atoms with Crippen molar-refractivity contribution in [2.24, 2.45) is 11.3 Å². The number of hydrogen-bond acceptors (Lipinski definition) is 3. The zero-order chi connectivity index (χ0) is 14.3. The van der Waals surface area contributed by atoms with E-state index in [-0.39, 0.29) is 18.1 Å². The second-order valence-electron chi connectivity index (χ2n) is 5.24. The van der Waals surface area contributed by atoms with Crippen molar-refractivity contribution in [3.63, 3.8) is 0 Å². The van der Waals surface area contributed by atoms with Crippen molar-refractivity contribution in [1.29, 1.82) is 0 Å². The van der Waals surface area contributed by atoms with Gasteiger partial charge in [-0.25, -0.2) is 0 Å². The van der Waals surface area contributed by atoms with Crippen LogP contribution < -0.4 is 0 Å². The summed E-state index contributed by atoms with van der Waals surface area (Å²) in [4.78, 5) is 34.7. The second-order valence-corrected chi connectivity index (χ2v) is 5.24. The van der Waals surface area contributed by atoms with Crippen molar-refractivity contribution in [3.8, 4) is 0 Å². The predicted octanol–water partition coefficient (Wildman–Crippen LogP) is 2.84. The van der Waals surface area contributed by atoms with E-state index < -0.39 is 17.2 Å². The van der Waals surface area contributed by atoms with Gasteiger partial charge in [0.1, 0.15) is 11.2 Å². The standard InChI is InChI=1S/C14H24O4/c1-5-7-8-10(6-2)11(15)9-12(16)14(3,4)13(17)18/h10H,5-9H2,1-4H3,(H,17,18). The Morgan fingerprint density at radius 3 is 2.11 bits per heavy atom. The lowest BCUT2D eigenvalue weighted by Crippen LogP contribution is -2.35. The number of carboxylic acids is 1. The zero-order valence-electron chi connectivity index (χ0n) is 11.8. The van der Waals surface area contributed by atoms with Gasteiger partial charge in [0.15, 0.2) is 5.78 Å². The molecule has 4 heteroatoms. The van der Waals surface area contributed by atoms with E-state index in [0.717, 1.165) is 19.3 Å². The Labute approximate surface area is 109 Å². The summed E-state index contributed by atoms with van der Waals surface area (Å²) < 4.78 is 0. The first kappa shape index (κ1) is 16.8. The van der Waals surface area contributed by atoms with Crippen molar-refractivity contribution in [3.05, 3.63) is 0 Å². The van der Waals surface area contributed by atoms with Gasteiger partial charge in [0.2, 0.25) is 0 Å². The lowest BCUT2D eigenvalue weighted by atomic mass is 9.82. The Hall–Kier alpha value is -1.19. The van der Waals surface area contributed by atoms with Gasteiger partial charge in [-0.05, 0) is 26.7 Å². The molecule has 104 valence electrons. The van der Waals surface area contributed by atoms with Crippen LogP contribution in [0, 0.1) is 11.3 Å². The molecule has 1 N–H and O–H groups in total. The summed E-state index contributed by atoms with van der Waals surface area (Å²) in [6.45, 7) is 6.66. The highest BCUT2D eigenvalue weighted by Crippen LogP contribution is 2.22. The van der Waals surface area contributed by atoms with E-state index in [1.54, 1.807) is 0 Å².